The number of rotatable bonds is 3. The molecule has 1 aliphatic rings. The molecule has 21 heavy (non-hydrogen) atoms. The molecule has 0 spiro atoms. The first kappa shape index (κ1) is 15.9. The minimum atomic E-state index is -0.890. The van der Waals surface area contributed by atoms with Crippen LogP contribution in [0.4, 0.5) is 0 Å². The Labute approximate surface area is 132 Å². The van der Waals surface area contributed by atoms with E-state index in [-0.39, 0.29) is 29.0 Å². The number of methoxy groups -OCH3 is 1. The Hall–Kier alpha value is -1.46. The number of ether oxygens (including phenoxy) is 1. The van der Waals surface area contributed by atoms with Crippen molar-refractivity contribution in [1.29, 1.82) is 0 Å². The van der Waals surface area contributed by atoms with Gasteiger partial charge in [0, 0.05) is 19.2 Å². The van der Waals surface area contributed by atoms with Crippen molar-refractivity contribution in [2.24, 2.45) is 11.8 Å². The van der Waals surface area contributed by atoms with Gasteiger partial charge in [-0.15, -0.1) is 0 Å². The minimum Gasteiger partial charge on any atom is -0.496 e. The minimum absolute atomic E-state index is 0.0970. The van der Waals surface area contributed by atoms with Crippen molar-refractivity contribution in [2.75, 3.05) is 20.2 Å². The van der Waals surface area contributed by atoms with Crippen LogP contribution in [0.5, 0.6) is 5.75 Å². The van der Waals surface area contributed by atoms with Crippen LogP contribution in [0.1, 0.15) is 17.3 Å². The van der Waals surface area contributed by atoms with Crippen molar-refractivity contribution in [1.82, 2.24) is 4.90 Å². The van der Waals surface area contributed by atoms with Crippen molar-refractivity contribution in [3.8, 4) is 5.75 Å². The lowest BCUT2D eigenvalue weighted by molar-refractivity contribution is -0.142. The molecule has 1 heterocycles. The molecular formula is C14H15Cl2NO4. The SMILES string of the molecule is COc1cc(Cl)c(Cl)cc1C(=O)N1C[C@@H](C)[C@H](C(=O)O)C1. The van der Waals surface area contributed by atoms with E-state index < -0.39 is 11.9 Å². The number of carbonyl (C=O) groups is 2. The molecule has 114 valence electrons. The highest BCUT2D eigenvalue weighted by Crippen LogP contribution is 2.33. The second-order valence-electron chi connectivity index (χ2n) is 5.10. The van der Waals surface area contributed by atoms with Crippen LogP contribution in [0.25, 0.3) is 0 Å². The molecule has 1 saturated heterocycles. The predicted octanol–water partition coefficient (Wildman–Crippen LogP) is 2.79. The highest BCUT2D eigenvalue weighted by Gasteiger charge is 2.37. The molecule has 0 saturated carbocycles. The summed E-state index contributed by atoms with van der Waals surface area (Å²) in [6.45, 7) is 2.38. The van der Waals surface area contributed by atoms with Crippen molar-refractivity contribution in [2.45, 2.75) is 6.92 Å². The number of hydrogen-bond donors (Lipinski definition) is 1. The molecule has 1 aromatic carbocycles. The Morgan fingerprint density at radius 3 is 2.43 bits per heavy atom. The quantitative estimate of drug-likeness (QED) is 0.924. The molecule has 0 aromatic heterocycles. The lowest BCUT2D eigenvalue weighted by Crippen LogP contribution is -2.30. The van der Waals surface area contributed by atoms with Gasteiger partial charge in [0.2, 0.25) is 0 Å². The van der Waals surface area contributed by atoms with E-state index in [0.29, 0.717) is 17.3 Å². The molecule has 0 bridgehead atoms. The van der Waals surface area contributed by atoms with Gasteiger partial charge in [0.15, 0.2) is 0 Å². The van der Waals surface area contributed by atoms with Crippen LogP contribution in [0.3, 0.4) is 0 Å². The summed E-state index contributed by atoms with van der Waals surface area (Å²) in [6, 6.07) is 2.93. The molecule has 0 unspecified atom stereocenters. The molecule has 1 N–H and O–H groups in total. The summed E-state index contributed by atoms with van der Waals surface area (Å²) in [7, 11) is 1.43. The summed E-state index contributed by atoms with van der Waals surface area (Å²) in [5.74, 6) is -1.52. The highest BCUT2D eigenvalue weighted by atomic mass is 35.5. The number of likely N-dealkylation sites (tertiary alicyclic amines) is 1. The van der Waals surface area contributed by atoms with Crippen LogP contribution in [0.2, 0.25) is 10.0 Å². The fraction of sp³-hybridized carbons (Fsp3) is 0.429. The molecule has 1 aliphatic heterocycles. The number of carboxylic acid groups (broad SMARTS) is 1. The number of carbonyl (C=O) groups excluding carboxylic acids is 1. The molecule has 1 fully saturated rings. The van der Waals surface area contributed by atoms with Gasteiger partial charge in [0.05, 0.1) is 28.6 Å². The third-order valence-electron chi connectivity index (χ3n) is 3.69. The molecule has 0 radical (unpaired) electrons. The Morgan fingerprint density at radius 1 is 1.29 bits per heavy atom. The van der Waals surface area contributed by atoms with Gasteiger partial charge in [-0.05, 0) is 12.0 Å². The standard InChI is InChI=1S/C14H15Cl2NO4/c1-7-5-17(6-9(7)14(19)20)13(18)8-3-10(15)11(16)4-12(8)21-2/h3-4,7,9H,5-6H2,1-2H3,(H,19,20)/t7-,9-/m1/s1. The second-order valence-corrected chi connectivity index (χ2v) is 5.91. The maximum absolute atomic E-state index is 12.6. The Bertz CT molecular complexity index is 591. The van der Waals surface area contributed by atoms with Gasteiger partial charge in [-0.2, -0.15) is 0 Å². The average molecular weight is 332 g/mol. The van der Waals surface area contributed by atoms with Gasteiger partial charge in [-0.1, -0.05) is 30.1 Å². The number of aliphatic carboxylic acids is 1. The van der Waals surface area contributed by atoms with Crippen molar-refractivity contribution < 1.29 is 19.4 Å². The van der Waals surface area contributed by atoms with Crippen molar-refractivity contribution in [3.05, 3.63) is 27.7 Å². The third-order valence-corrected chi connectivity index (χ3v) is 4.41. The van der Waals surface area contributed by atoms with Gasteiger partial charge in [0.25, 0.3) is 5.91 Å². The maximum atomic E-state index is 12.6. The van der Waals surface area contributed by atoms with Crippen molar-refractivity contribution in [3.63, 3.8) is 0 Å². The van der Waals surface area contributed by atoms with Gasteiger partial charge in [-0.3, -0.25) is 9.59 Å². The van der Waals surface area contributed by atoms with Crippen LogP contribution in [-0.4, -0.2) is 42.1 Å². The van der Waals surface area contributed by atoms with E-state index in [0.717, 1.165) is 0 Å². The van der Waals surface area contributed by atoms with E-state index in [2.05, 4.69) is 0 Å². The van der Waals surface area contributed by atoms with E-state index in [1.54, 1.807) is 0 Å². The van der Waals surface area contributed by atoms with Gasteiger partial charge >= 0.3 is 5.97 Å². The summed E-state index contributed by atoms with van der Waals surface area (Å²) in [5.41, 5.74) is 0.283. The summed E-state index contributed by atoms with van der Waals surface area (Å²) in [4.78, 5) is 25.2. The Morgan fingerprint density at radius 2 is 1.90 bits per heavy atom. The van der Waals surface area contributed by atoms with E-state index >= 15 is 0 Å². The molecule has 1 amide bonds. The zero-order chi connectivity index (χ0) is 15.7. The largest absolute Gasteiger partial charge is 0.496 e. The molecule has 2 rings (SSSR count). The van der Waals surface area contributed by atoms with E-state index in [1.807, 2.05) is 6.92 Å². The smallest absolute Gasteiger partial charge is 0.308 e. The van der Waals surface area contributed by atoms with Crippen LogP contribution < -0.4 is 4.74 Å². The van der Waals surface area contributed by atoms with Gasteiger partial charge < -0.3 is 14.7 Å². The van der Waals surface area contributed by atoms with Gasteiger partial charge in [0.1, 0.15) is 5.75 Å². The zero-order valence-electron chi connectivity index (χ0n) is 11.6. The number of carboxylic acids is 1. The molecule has 1 aromatic rings. The molecule has 5 nitrogen and oxygen atoms in total. The van der Waals surface area contributed by atoms with Crippen LogP contribution >= 0.6 is 23.2 Å². The zero-order valence-corrected chi connectivity index (χ0v) is 13.1. The van der Waals surface area contributed by atoms with E-state index in [4.69, 9.17) is 33.0 Å². The highest BCUT2D eigenvalue weighted by molar-refractivity contribution is 6.42. The molecular weight excluding hydrogens is 317 g/mol. The predicted molar refractivity (Wildman–Crippen MR) is 79.2 cm³/mol. The van der Waals surface area contributed by atoms with E-state index in [9.17, 15) is 9.59 Å². The first-order chi connectivity index (χ1) is 9.85. The summed E-state index contributed by atoms with van der Waals surface area (Å²) in [6.07, 6.45) is 0. The number of benzene rings is 1. The van der Waals surface area contributed by atoms with Gasteiger partial charge in [-0.25, -0.2) is 0 Å². The van der Waals surface area contributed by atoms with Crippen LogP contribution in [-0.2, 0) is 4.79 Å². The number of nitrogens with zero attached hydrogens (tertiary/aromatic N) is 1. The first-order valence-corrected chi connectivity index (χ1v) is 7.15. The lowest BCUT2D eigenvalue weighted by atomic mass is 9.99. The molecule has 2 atom stereocenters. The summed E-state index contributed by atoms with van der Waals surface area (Å²) >= 11 is 11.9. The molecule has 0 aliphatic carbocycles. The average Bonchev–Trinajstić information content (AvgIpc) is 2.82. The van der Waals surface area contributed by atoms with Crippen LogP contribution in [0, 0.1) is 11.8 Å². The monoisotopic (exact) mass is 331 g/mol. The fourth-order valence-corrected chi connectivity index (χ4v) is 2.81. The maximum Gasteiger partial charge on any atom is 0.308 e. The van der Waals surface area contributed by atoms with Crippen LogP contribution in [0.15, 0.2) is 12.1 Å². The summed E-state index contributed by atoms with van der Waals surface area (Å²) < 4.78 is 5.16. The number of hydrogen-bond acceptors (Lipinski definition) is 3. The second kappa shape index (κ2) is 6.12. The lowest BCUT2D eigenvalue weighted by Gasteiger charge is -2.18. The number of amides is 1. The number of halogens is 2. The van der Waals surface area contributed by atoms with E-state index in [1.165, 1.54) is 24.1 Å². The third kappa shape index (κ3) is 3.09. The Kier molecular flexibility index (Phi) is 4.64. The first-order valence-electron chi connectivity index (χ1n) is 6.40. The molecule has 7 heteroatoms. The van der Waals surface area contributed by atoms with Crippen molar-refractivity contribution >= 4 is 35.1 Å². The fourth-order valence-electron chi connectivity index (χ4n) is 2.49. The topological polar surface area (TPSA) is 66.8 Å². The Balaban J connectivity index is 2.29. The summed E-state index contributed by atoms with van der Waals surface area (Å²) in [5, 5.41) is 9.68. The normalized spacial score (nSPS) is 21.4.